The molecule has 0 bridgehead atoms. The van der Waals surface area contributed by atoms with E-state index in [9.17, 15) is 4.79 Å². The maximum atomic E-state index is 12.7. The summed E-state index contributed by atoms with van der Waals surface area (Å²) in [5.41, 5.74) is 1.96. The monoisotopic (exact) mass is 356 g/mol. The quantitative estimate of drug-likeness (QED) is 0.783. The minimum Gasteiger partial charge on any atom is -0.373 e. The molecule has 21 heavy (non-hydrogen) atoms. The topological polar surface area (TPSA) is 44.1 Å². The number of hydrogen-bond donors (Lipinski definition) is 0. The second-order valence-electron chi connectivity index (χ2n) is 5.88. The molecule has 1 fully saturated rings. The van der Waals surface area contributed by atoms with Gasteiger partial charge in [-0.25, -0.2) is 0 Å². The molecule has 5 heteroatoms. The highest BCUT2D eigenvalue weighted by atomic mass is 79.9. The number of nitrogens with zero attached hydrogens (tertiary/aromatic N) is 2. The van der Waals surface area contributed by atoms with Crippen molar-refractivity contribution in [3.63, 3.8) is 0 Å². The van der Waals surface area contributed by atoms with Gasteiger partial charge in [0.25, 0.3) is 0 Å². The highest BCUT2D eigenvalue weighted by Gasteiger charge is 2.30. The number of ether oxygens (including phenoxy) is 1. The Labute approximate surface area is 135 Å². The summed E-state index contributed by atoms with van der Waals surface area (Å²) in [6.07, 6.45) is 6.91. The summed E-state index contributed by atoms with van der Waals surface area (Å²) in [6.45, 7) is 2.07. The van der Waals surface area contributed by atoms with Crippen LogP contribution in [-0.4, -0.2) is 28.8 Å². The average Bonchev–Trinajstić information content (AvgIpc) is 2.76. The molecule has 1 aromatic rings. The van der Waals surface area contributed by atoms with Crippen LogP contribution in [0.2, 0.25) is 0 Å². The van der Waals surface area contributed by atoms with E-state index >= 15 is 0 Å². The van der Waals surface area contributed by atoms with E-state index in [1.54, 1.807) is 7.11 Å². The zero-order valence-electron chi connectivity index (χ0n) is 13.2. The molecule has 1 aromatic heterocycles. The van der Waals surface area contributed by atoms with Crippen molar-refractivity contribution in [2.24, 2.45) is 13.0 Å². The average molecular weight is 357 g/mol. The Morgan fingerprint density at radius 3 is 2.62 bits per heavy atom. The summed E-state index contributed by atoms with van der Waals surface area (Å²) in [7, 11) is 3.56. The summed E-state index contributed by atoms with van der Waals surface area (Å²) in [4.78, 5) is 12.7. The lowest BCUT2D eigenvalue weighted by molar-refractivity contribution is -0.132. The van der Waals surface area contributed by atoms with Crippen LogP contribution in [0.1, 0.15) is 50.4 Å². The maximum absolute atomic E-state index is 12.7. The number of ketones is 1. The predicted octanol–water partition coefficient (Wildman–Crippen LogP) is 3.45. The summed E-state index contributed by atoms with van der Waals surface area (Å²) in [5, 5.41) is 4.46. The number of carbonyl (C=O) groups is 1. The SMILES string of the molecule is CCc1nn(C)c(CC(=O)C(OC)C2CCCCC2)c1Br. The van der Waals surface area contributed by atoms with E-state index in [0.29, 0.717) is 12.3 Å². The number of aromatic nitrogens is 2. The van der Waals surface area contributed by atoms with Crippen molar-refractivity contribution in [2.45, 2.75) is 58.0 Å². The first-order valence-electron chi connectivity index (χ1n) is 7.84. The van der Waals surface area contributed by atoms with Crippen molar-refractivity contribution >= 4 is 21.7 Å². The Bertz CT molecular complexity index is 493. The molecule has 1 saturated carbocycles. The van der Waals surface area contributed by atoms with Gasteiger partial charge in [0.15, 0.2) is 5.78 Å². The highest BCUT2D eigenvalue weighted by molar-refractivity contribution is 9.10. The third-order valence-electron chi connectivity index (χ3n) is 4.49. The van der Waals surface area contributed by atoms with Gasteiger partial charge in [0.1, 0.15) is 6.10 Å². The lowest BCUT2D eigenvalue weighted by atomic mass is 9.83. The van der Waals surface area contributed by atoms with Gasteiger partial charge in [0.05, 0.1) is 22.3 Å². The molecule has 118 valence electrons. The lowest BCUT2D eigenvalue weighted by Gasteiger charge is -2.28. The van der Waals surface area contributed by atoms with Crippen LogP contribution in [0.3, 0.4) is 0 Å². The number of hydrogen-bond acceptors (Lipinski definition) is 3. The van der Waals surface area contributed by atoms with Crippen LogP contribution in [0.15, 0.2) is 4.47 Å². The first-order chi connectivity index (χ1) is 10.1. The Morgan fingerprint density at radius 2 is 2.10 bits per heavy atom. The zero-order valence-corrected chi connectivity index (χ0v) is 14.8. The second kappa shape index (κ2) is 7.54. The summed E-state index contributed by atoms with van der Waals surface area (Å²) in [5.74, 6) is 0.560. The van der Waals surface area contributed by atoms with Gasteiger partial charge in [-0.15, -0.1) is 0 Å². The minimum atomic E-state index is -0.267. The van der Waals surface area contributed by atoms with E-state index in [0.717, 1.165) is 35.1 Å². The van der Waals surface area contributed by atoms with Crippen LogP contribution in [0.5, 0.6) is 0 Å². The molecule has 4 nitrogen and oxygen atoms in total. The number of Topliss-reactive ketones (excluding diaryl/α,β-unsaturated/α-hetero) is 1. The van der Waals surface area contributed by atoms with Crippen LogP contribution in [0.4, 0.5) is 0 Å². The molecule has 2 rings (SSSR count). The molecule has 1 atom stereocenters. The van der Waals surface area contributed by atoms with E-state index in [1.165, 1.54) is 19.3 Å². The summed E-state index contributed by atoms with van der Waals surface area (Å²) < 4.78 is 8.33. The largest absolute Gasteiger partial charge is 0.373 e. The van der Waals surface area contributed by atoms with Crippen LogP contribution >= 0.6 is 15.9 Å². The summed E-state index contributed by atoms with van der Waals surface area (Å²) >= 11 is 3.58. The molecular formula is C16H25BrN2O2. The normalized spacial score (nSPS) is 17.9. The first-order valence-corrected chi connectivity index (χ1v) is 8.63. The van der Waals surface area contributed by atoms with E-state index in [-0.39, 0.29) is 11.9 Å². The van der Waals surface area contributed by atoms with Gasteiger partial charge < -0.3 is 4.74 Å². The smallest absolute Gasteiger partial charge is 0.167 e. The zero-order chi connectivity index (χ0) is 15.4. The van der Waals surface area contributed by atoms with Gasteiger partial charge in [-0.1, -0.05) is 26.2 Å². The van der Waals surface area contributed by atoms with Crippen molar-refractivity contribution < 1.29 is 9.53 Å². The number of rotatable bonds is 6. The van der Waals surface area contributed by atoms with Gasteiger partial charge in [0, 0.05) is 14.2 Å². The highest BCUT2D eigenvalue weighted by Crippen LogP contribution is 2.30. The van der Waals surface area contributed by atoms with E-state index < -0.39 is 0 Å². The lowest BCUT2D eigenvalue weighted by Crippen LogP contribution is -2.34. The minimum absolute atomic E-state index is 0.177. The van der Waals surface area contributed by atoms with Gasteiger partial charge >= 0.3 is 0 Å². The van der Waals surface area contributed by atoms with Crippen molar-refractivity contribution in [3.8, 4) is 0 Å². The number of aryl methyl sites for hydroxylation is 2. The Balaban J connectivity index is 2.10. The van der Waals surface area contributed by atoms with Crippen molar-refractivity contribution in [1.29, 1.82) is 0 Å². The standard InChI is InChI=1S/C16H25BrN2O2/c1-4-12-15(17)13(19(2)18-12)10-14(20)16(21-3)11-8-6-5-7-9-11/h11,16H,4-10H2,1-3H3. The molecule has 1 aliphatic rings. The third kappa shape index (κ3) is 3.75. The summed E-state index contributed by atoms with van der Waals surface area (Å²) in [6, 6.07) is 0. The third-order valence-corrected chi connectivity index (χ3v) is 5.41. The molecule has 1 aliphatic carbocycles. The predicted molar refractivity (Wildman–Crippen MR) is 86.4 cm³/mol. The van der Waals surface area contributed by atoms with Crippen molar-refractivity contribution in [3.05, 3.63) is 15.9 Å². The number of carbonyl (C=O) groups excluding carboxylic acids is 1. The molecule has 1 unspecified atom stereocenters. The van der Waals surface area contributed by atoms with E-state index in [1.807, 2.05) is 11.7 Å². The number of methoxy groups -OCH3 is 1. The fourth-order valence-corrected chi connectivity index (χ4v) is 4.06. The maximum Gasteiger partial charge on any atom is 0.167 e. The van der Waals surface area contributed by atoms with Crippen LogP contribution in [0.25, 0.3) is 0 Å². The molecule has 0 N–H and O–H groups in total. The van der Waals surface area contributed by atoms with Crippen molar-refractivity contribution in [2.75, 3.05) is 7.11 Å². The molecule has 0 aromatic carbocycles. The molecule has 0 spiro atoms. The van der Waals surface area contributed by atoms with Crippen LogP contribution < -0.4 is 0 Å². The second-order valence-corrected chi connectivity index (χ2v) is 6.68. The van der Waals surface area contributed by atoms with Crippen molar-refractivity contribution in [1.82, 2.24) is 9.78 Å². The molecule has 0 amide bonds. The Kier molecular flexibility index (Phi) is 5.99. The van der Waals surface area contributed by atoms with Gasteiger partial charge in [-0.2, -0.15) is 5.10 Å². The first kappa shape index (κ1) is 16.7. The van der Waals surface area contributed by atoms with Gasteiger partial charge in [0.2, 0.25) is 0 Å². The number of halogens is 1. The van der Waals surface area contributed by atoms with E-state index in [2.05, 4.69) is 28.0 Å². The van der Waals surface area contributed by atoms with Crippen LogP contribution in [0, 0.1) is 5.92 Å². The van der Waals surface area contributed by atoms with E-state index in [4.69, 9.17) is 4.74 Å². The van der Waals surface area contributed by atoms with Gasteiger partial charge in [-0.05, 0) is 41.1 Å². The molecule has 0 aliphatic heterocycles. The molecule has 0 radical (unpaired) electrons. The van der Waals surface area contributed by atoms with Crippen LogP contribution in [-0.2, 0) is 29.4 Å². The molecule has 1 heterocycles. The fraction of sp³-hybridized carbons (Fsp3) is 0.750. The Hall–Kier alpha value is -0.680. The molecule has 0 saturated heterocycles. The Morgan fingerprint density at radius 1 is 1.43 bits per heavy atom. The van der Waals surface area contributed by atoms with Gasteiger partial charge in [-0.3, -0.25) is 9.48 Å². The molecular weight excluding hydrogens is 332 g/mol. The fourth-order valence-electron chi connectivity index (χ4n) is 3.30.